The van der Waals surface area contributed by atoms with Crippen LogP contribution >= 0.6 is 12.6 Å². The molecule has 9 heavy (non-hydrogen) atoms. The van der Waals surface area contributed by atoms with Crippen molar-refractivity contribution >= 4 is 18.7 Å². The predicted molar refractivity (Wildman–Crippen MR) is 38.9 cm³/mol. The van der Waals surface area contributed by atoms with Gasteiger partial charge < -0.3 is 10.1 Å². The molecule has 0 saturated carbocycles. The average molecular weight is 149 g/mol. The summed E-state index contributed by atoms with van der Waals surface area (Å²) in [7, 11) is 0. The van der Waals surface area contributed by atoms with E-state index in [0.717, 1.165) is 0 Å². The SMILES string of the molecule is CCNC(=O)OCCS. The molecular formula is C5H11NO2S. The van der Waals surface area contributed by atoms with Gasteiger partial charge in [0.2, 0.25) is 0 Å². The van der Waals surface area contributed by atoms with Gasteiger partial charge in [0.15, 0.2) is 0 Å². The molecule has 0 aromatic rings. The molecule has 54 valence electrons. The standard InChI is InChI=1S/C5H11NO2S/c1-2-6-5(7)8-3-4-9/h9H,2-4H2,1H3,(H,6,7). The molecule has 0 aliphatic heterocycles. The lowest BCUT2D eigenvalue weighted by Crippen LogP contribution is -2.24. The monoisotopic (exact) mass is 149 g/mol. The Kier molecular flexibility index (Phi) is 5.51. The van der Waals surface area contributed by atoms with Gasteiger partial charge in [-0.2, -0.15) is 12.6 Å². The molecule has 0 fully saturated rings. The lowest BCUT2D eigenvalue weighted by atomic mass is 10.7. The summed E-state index contributed by atoms with van der Waals surface area (Å²) in [6, 6.07) is 0. The Bertz CT molecular complexity index is 87.0. The highest BCUT2D eigenvalue weighted by Crippen LogP contribution is 1.78. The normalized spacial score (nSPS) is 8.67. The van der Waals surface area contributed by atoms with Gasteiger partial charge in [-0.25, -0.2) is 4.79 Å². The van der Waals surface area contributed by atoms with Gasteiger partial charge in [-0.05, 0) is 6.92 Å². The first-order valence-electron chi connectivity index (χ1n) is 2.82. The molecule has 0 radical (unpaired) electrons. The molecule has 0 aliphatic carbocycles. The lowest BCUT2D eigenvalue weighted by molar-refractivity contribution is 0.154. The van der Waals surface area contributed by atoms with Crippen LogP contribution in [0.2, 0.25) is 0 Å². The zero-order valence-electron chi connectivity index (χ0n) is 5.39. The van der Waals surface area contributed by atoms with E-state index in [2.05, 4.69) is 22.7 Å². The van der Waals surface area contributed by atoms with Gasteiger partial charge in [0, 0.05) is 12.3 Å². The molecule has 1 amide bonds. The van der Waals surface area contributed by atoms with Crippen molar-refractivity contribution in [1.82, 2.24) is 5.32 Å². The summed E-state index contributed by atoms with van der Waals surface area (Å²) in [6.45, 7) is 2.81. The van der Waals surface area contributed by atoms with Crippen LogP contribution in [-0.2, 0) is 4.74 Å². The van der Waals surface area contributed by atoms with Crippen molar-refractivity contribution < 1.29 is 9.53 Å². The molecule has 4 heteroatoms. The van der Waals surface area contributed by atoms with Crippen LogP contribution in [0.5, 0.6) is 0 Å². The van der Waals surface area contributed by atoms with E-state index in [0.29, 0.717) is 18.9 Å². The van der Waals surface area contributed by atoms with Crippen LogP contribution < -0.4 is 5.32 Å². The molecule has 0 aromatic carbocycles. The van der Waals surface area contributed by atoms with E-state index in [1.54, 1.807) is 0 Å². The third-order valence-corrected chi connectivity index (χ3v) is 0.828. The topological polar surface area (TPSA) is 38.3 Å². The van der Waals surface area contributed by atoms with Gasteiger partial charge in [-0.3, -0.25) is 0 Å². The fraction of sp³-hybridized carbons (Fsp3) is 0.800. The average Bonchev–Trinajstić information content (AvgIpc) is 1.85. The van der Waals surface area contributed by atoms with E-state index in [1.165, 1.54) is 0 Å². The summed E-state index contributed by atoms with van der Waals surface area (Å²) in [6.07, 6.45) is -0.369. The maximum Gasteiger partial charge on any atom is 0.407 e. The number of amides is 1. The lowest BCUT2D eigenvalue weighted by Gasteiger charge is -2.01. The second kappa shape index (κ2) is 5.75. The highest BCUT2D eigenvalue weighted by atomic mass is 32.1. The van der Waals surface area contributed by atoms with E-state index >= 15 is 0 Å². The molecule has 0 aliphatic rings. The van der Waals surface area contributed by atoms with Crippen molar-refractivity contribution in [2.45, 2.75) is 6.92 Å². The number of alkyl carbamates (subject to hydrolysis) is 1. The minimum absolute atomic E-state index is 0.369. The summed E-state index contributed by atoms with van der Waals surface area (Å²) >= 11 is 3.86. The summed E-state index contributed by atoms with van der Waals surface area (Å²) in [5.74, 6) is 0.567. The van der Waals surface area contributed by atoms with Crippen molar-refractivity contribution in [2.75, 3.05) is 18.9 Å². The fourth-order valence-electron chi connectivity index (χ4n) is 0.334. The van der Waals surface area contributed by atoms with Crippen molar-refractivity contribution in [3.8, 4) is 0 Å². The first-order chi connectivity index (χ1) is 4.31. The molecule has 0 aromatic heterocycles. The number of hydrogen-bond donors (Lipinski definition) is 2. The molecule has 0 rings (SSSR count). The van der Waals surface area contributed by atoms with Gasteiger partial charge in [0.05, 0.1) is 0 Å². The minimum Gasteiger partial charge on any atom is -0.449 e. The van der Waals surface area contributed by atoms with Gasteiger partial charge >= 0.3 is 6.09 Å². The zero-order chi connectivity index (χ0) is 7.11. The van der Waals surface area contributed by atoms with E-state index in [9.17, 15) is 4.79 Å². The molecule has 0 bridgehead atoms. The van der Waals surface area contributed by atoms with Crippen LogP contribution in [0.3, 0.4) is 0 Å². The summed E-state index contributed by atoms with van der Waals surface area (Å²) in [5, 5.41) is 2.49. The van der Waals surface area contributed by atoms with Gasteiger partial charge in [-0.1, -0.05) is 0 Å². The number of carbonyl (C=O) groups is 1. The van der Waals surface area contributed by atoms with Gasteiger partial charge in [0.25, 0.3) is 0 Å². The number of nitrogens with one attached hydrogen (secondary N) is 1. The second-order valence-corrected chi connectivity index (χ2v) is 1.84. The number of rotatable bonds is 3. The Morgan fingerprint density at radius 3 is 2.89 bits per heavy atom. The maximum absolute atomic E-state index is 10.4. The quantitative estimate of drug-likeness (QED) is 0.579. The molecule has 0 unspecified atom stereocenters. The Morgan fingerprint density at radius 1 is 1.78 bits per heavy atom. The molecule has 3 nitrogen and oxygen atoms in total. The van der Waals surface area contributed by atoms with Crippen LogP contribution in [-0.4, -0.2) is 25.0 Å². The molecule has 0 spiro atoms. The van der Waals surface area contributed by atoms with E-state index in [1.807, 2.05) is 6.92 Å². The predicted octanol–water partition coefficient (Wildman–Crippen LogP) is 0.662. The van der Waals surface area contributed by atoms with Gasteiger partial charge in [0.1, 0.15) is 6.61 Å². The Morgan fingerprint density at radius 2 is 2.44 bits per heavy atom. The molecule has 0 saturated heterocycles. The first-order valence-corrected chi connectivity index (χ1v) is 3.46. The fourth-order valence-corrected chi connectivity index (χ4v) is 0.425. The van der Waals surface area contributed by atoms with Crippen LogP contribution in [0.1, 0.15) is 6.92 Å². The van der Waals surface area contributed by atoms with Crippen LogP contribution in [0.25, 0.3) is 0 Å². The summed E-state index contributed by atoms with van der Waals surface area (Å²) in [4.78, 5) is 10.4. The third kappa shape index (κ3) is 5.49. The smallest absolute Gasteiger partial charge is 0.407 e. The van der Waals surface area contributed by atoms with E-state index < -0.39 is 0 Å². The van der Waals surface area contributed by atoms with Crippen molar-refractivity contribution in [1.29, 1.82) is 0 Å². The Labute approximate surface area is 60.2 Å². The zero-order valence-corrected chi connectivity index (χ0v) is 6.28. The molecule has 0 atom stereocenters. The minimum atomic E-state index is -0.369. The number of ether oxygens (including phenoxy) is 1. The first kappa shape index (κ1) is 8.62. The van der Waals surface area contributed by atoms with Crippen LogP contribution in [0.4, 0.5) is 4.79 Å². The van der Waals surface area contributed by atoms with Gasteiger partial charge in [-0.15, -0.1) is 0 Å². The molecule has 0 heterocycles. The summed E-state index contributed by atoms with van der Waals surface area (Å²) in [5.41, 5.74) is 0. The maximum atomic E-state index is 10.4. The Hall–Kier alpha value is -0.380. The third-order valence-electron chi connectivity index (χ3n) is 0.646. The largest absolute Gasteiger partial charge is 0.449 e. The highest BCUT2D eigenvalue weighted by Gasteiger charge is 1.94. The molecular weight excluding hydrogens is 138 g/mol. The highest BCUT2D eigenvalue weighted by molar-refractivity contribution is 7.80. The number of thiol groups is 1. The van der Waals surface area contributed by atoms with Crippen LogP contribution in [0, 0.1) is 0 Å². The summed E-state index contributed by atoms with van der Waals surface area (Å²) < 4.78 is 4.61. The number of carbonyl (C=O) groups excluding carboxylic acids is 1. The van der Waals surface area contributed by atoms with Crippen molar-refractivity contribution in [3.05, 3.63) is 0 Å². The van der Waals surface area contributed by atoms with Crippen LogP contribution in [0.15, 0.2) is 0 Å². The van der Waals surface area contributed by atoms with Crippen molar-refractivity contribution in [2.24, 2.45) is 0 Å². The number of hydrogen-bond acceptors (Lipinski definition) is 3. The second-order valence-electron chi connectivity index (χ2n) is 1.39. The van der Waals surface area contributed by atoms with E-state index in [-0.39, 0.29) is 6.09 Å². The van der Waals surface area contributed by atoms with E-state index in [4.69, 9.17) is 0 Å². The Balaban J connectivity index is 3.06. The van der Waals surface area contributed by atoms with Crippen molar-refractivity contribution in [3.63, 3.8) is 0 Å². The molecule has 1 N–H and O–H groups in total.